The van der Waals surface area contributed by atoms with E-state index in [1.165, 1.54) is 0 Å². The highest BCUT2D eigenvalue weighted by Gasteiger charge is 2.13. The lowest BCUT2D eigenvalue weighted by atomic mass is 10.3. The Morgan fingerprint density at radius 1 is 1.21 bits per heavy atom. The number of nitrogens with one attached hydrogen (secondary N) is 1. The Bertz CT molecular complexity index is 695. The Kier molecular flexibility index (Phi) is 6.57. The van der Waals surface area contributed by atoms with E-state index in [-0.39, 0.29) is 17.4 Å². The van der Waals surface area contributed by atoms with Crippen molar-refractivity contribution in [1.29, 1.82) is 0 Å². The molecule has 1 N–H and O–H groups in total. The van der Waals surface area contributed by atoms with Crippen LogP contribution in [0.2, 0.25) is 0 Å². The van der Waals surface area contributed by atoms with Gasteiger partial charge in [0.15, 0.2) is 5.76 Å². The molecule has 1 aromatic heterocycles. The van der Waals surface area contributed by atoms with Crippen LogP contribution in [-0.4, -0.2) is 49.3 Å². The Morgan fingerprint density at radius 2 is 1.92 bits per heavy atom. The summed E-state index contributed by atoms with van der Waals surface area (Å²) in [6.07, 6.45) is 0. The van der Waals surface area contributed by atoms with Gasteiger partial charge in [0.25, 0.3) is 5.91 Å². The molecule has 0 aliphatic rings. The summed E-state index contributed by atoms with van der Waals surface area (Å²) in [5.74, 6) is 1.42. The Balaban J connectivity index is 1.92. The molecule has 130 valence electrons. The smallest absolute Gasteiger partial charge is 0.287 e. The van der Waals surface area contributed by atoms with E-state index in [4.69, 9.17) is 9.15 Å². The number of hydrogen-bond acceptors (Lipinski definition) is 5. The molecule has 0 unspecified atom stereocenters. The fourth-order valence-corrected chi connectivity index (χ4v) is 3.02. The number of methoxy groups -OCH3 is 1. The van der Waals surface area contributed by atoms with E-state index in [2.05, 4.69) is 5.32 Å². The molecule has 2 rings (SSSR count). The third kappa shape index (κ3) is 5.21. The van der Waals surface area contributed by atoms with Crippen molar-refractivity contribution in [1.82, 2.24) is 10.2 Å². The zero-order valence-electron chi connectivity index (χ0n) is 14.1. The number of carbonyl (C=O) groups excluding carboxylic acids is 1. The van der Waals surface area contributed by atoms with Gasteiger partial charge in [-0.1, -0.05) is 0 Å². The number of rotatable bonds is 8. The Labute approximate surface area is 144 Å². The summed E-state index contributed by atoms with van der Waals surface area (Å²) in [5, 5.41) is 2.78. The van der Waals surface area contributed by atoms with Crippen LogP contribution in [0.4, 0.5) is 0 Å². The van der Waals surface area contributed by atoms with Gasteiger partial charge in [0.1, 0.15) is 11.5 Å². The zero-order valence-corrected chi connectivity index (χ0v) is 14.9. The summed E-state index contributed by atoms with van der Waals surface area (Å²) in [6, 6.07) is 10.3. The first-order chi connectivity index (χ1) is 11.5. The monoisotopic (exact) mass is 350 g/mol. The third-order valence-corrected chi connectivity index (χ3v) is 4.67. The summed E-state index contributed by atoms with van der Waals surface area (Å²) in [7, 11) is 4.21. The van der Waals surface area contributed by atoms with Crippen LogP contribution in [-0.2, 0) is 16.6 Å². The number of ether oxygens (including phenoxy) is 1. The molecule has 1 aromatic carbocycles. The molecule has 0 saturated heterocycles. The van der Waals surface area contributed by atoms with Crippen LogP contribution in [0, 0.1) is 0 Å². The number of furan rings is 1. The number of likely N-dealkylation sites (N-methyl/N-ethyl adjacent to an activating group) is 1. The fourth-order valence-electron chi connectivity index (χ4n) is 2.00. The van der Waals surface area contributed by atoms with E-state index in [1.807, 2.05) is 19.0 Å². The van der Waals surface area contributed by atoms with E-state index in [0.29, 0.717) is 22.9 Å². The highest BCUT2D eigenvalue weighted by atomic mass is 32.2. The number of nitrogens with zero attached hydrogens (tertiary/aromatic N) is 1. The first-order valence-electron chi connectivity index (χ1n) is 7.53. The molecule has 0 bridgehead atoms. The average molecular weight is 350 g/mol. The van der Waals surface area contributed by atoms with Crippen LogP contribution >= 0.6 is 0 Å². The second-order valence-corrected chi connectivity index (χ2v) is 6.94. The maximum atomic E-state index is 12.3. The van der Waals surface area contributed by atoms with E-state index in [1.54, 1.807) is 43.5 Å². The predicted molar refractivity (Wildman–Crippen MR) is 92.7 cm³/mol. The highest BCUT2D eigenvalue weighted by molar-refractivity contribution is 7.84. The molecule has 24 heavy (non-hydrogen) atoms. The molecule has 1 heterocycles. The van der Waals surface area contributed by atoms with Crippen molar-refractivity contribution in [2.75, 3.05) is 34.3 Å². The second-order valence-electron chi connectivity index (χ2n) is 5.49. The molecule has 0 fully saturated rings. The maximum absolute atomic E-state index is 12.3. The fraction of sp³-hybridized carbons (Fsp3) is 0.353. The van der Waals surface area contributed by atoms with Crippen LogP contribution < -0.4 is 10.1 Å². The van der Waals surface area contributed by atoms with Crippen LogP contribution in [0.1, 0.15) is 16.3 Å². The van der Waals surface area contributed by atoms with Gasteiger partial charge in [-0.2, -0.15) is 0 Å². The quantitative estimate of drug-likeness (QED) is 0.787. The van der Waals surface area contributed by atoms with Gasteiger partial charge in [0, 0.05) is 18.0 Å². The van der Waals surface area contributed by atoms with Crippen LogP contribution in [0.3, 0.4) is 0 Å². The van der Waals surface area contributed by atoms with Crippen LogP contribution in [0.5, 0.6) is 5.75 Å². The van der Waals surface area contributed by atoms with Gasteiger partial charge in [-0.15, -0.1) is 0 Å². The molecule has 2 aromatic rings. The molecule has 1 amide bonds. The van der Waals surface area contributed by atoms with Gasteiger partial charge in [-0.3, -0.25) is 9.00 Å². The first kappa shape index (κ1) is 18.2. The van der Waals surface area contributed by atoms with Crippen molar-refractivity contribution in [3.05, 3.63) is 47.9 Å². The van der Waals surface area contributed by atoms with Crippen molar-refractivity contribution in [3.63, 3.8) is 0 Å². The third-order valence-electron chi connectivity index (χ3n) is 3.33. The van der Waals surface area contributed by atoms with Crippen molar-refractivity contribution in [2.24, 2.45) is 0 Å². The lowest BCUT2D eigenvalue weighted by molar-refractivity contribution is 0.0922. The van der Waals surface area contributed by atoms with Gasteiger partial charge >= 0.3 is 0 Å². The molecule has 0 spiro atoms. The molecule has 7 heteroatoms. The van der Waals surface area contributed by atoms with E-state index >= 15 is 0 Å². The minimum absolute atomic E-state index is 0.220. The molecule has 1 atom stereocenters. The van der Waals surface area contributed by atoms with Crippen molar-refractivity contribution >= 4 is 16.7 Å². The van der Waals surface area contributed by atoms with Crippen molar-refractivity contribution in [2.45, 2.75) is 10.6 Å². The molecule has 6 nitrogen and oxygen atoms in total. The Morgan fingerprint density at radius 3 is 2.54 bits per heavy atom. The summed E-state index contributed by atoms with van der Waals surface area (Å²) in [5.41, 5.74) is 0. The summed E-state index contributed by atoms with van der Waals surface area (Å²) >= 11 is 0. The largest absolute Gasteiger partial charge is 0.497 e. The molecule has 0 radical (unpaired) electrons. The summed E-state index contributed by atoms with van der Waals surface area (Å²) in [4.78, 5) is 14.6. The summed E-state index contributed by atoms with van der Waals surface area (Å²) in [6.45, 7) is 1.29. The van der Waals surface area contributed by atoms with Gasteiger partial charge in [-0.25, -0.2) is 0 Å². The average Bonchev–Trinajstić information content (AvgIpc) is 3.03. The van der Waals surface area contributed by atoms with Gasteiger partial charge in [-0.05, 0) is 50.5 Å². The number of carbonyl (C=O) groups is 1. The van der Waals surface area contributed by atoms with E-state index in [9.17, 15) is 9.00 Å². The highest BCUT2D eigenvalue weighted by Crippen LogP contribution is 2.18. The first-order valence-corrected chi connectivity index (χ1v) is 8.85. The number of amides is 1. The molecular formula is C17H22N2O4S. The SMILES string of the molecule is COc1ccc([S@@](=O)Cc2ccc(C(=O)NCCN(C)C)o2)cc1. The molecule has 0 aliphatic carbocycles. The normalized spacial score (nSPS) is 12.2. The lowest BCUT2D eigenvalue weighted by Crippen LogP contribution is -2.31. The minimum Gasteiger partial charge on any atom is -0.497 e. The van der Waals surface area contributed by atoms with Crippen molar-refractivity contribution < 1.29 is 18.2 Å². The maximum Gasteiger partial charge on any atom is 0.287 e. The van der Waals surface area contributed by atoms with Gasteiger partial charge in [0.2, 0.25) is 0 Å². The Hall–Kier alpha value is -2.12. The van der Waals surface area contributed by atoms with Gasteiger partial charge < -0.3 is 19.4 Å². The van der Waals surface area contributed by atoms with E-state index in [0.717, 1.165) is 6.54 Å². The molecular weight excluding hydrogens is 328 g/mol. The van der Waals surface area contributed by atoms with Crippen LogP contribution in [0.15, 0.2) is 45.7 Å². The zero-order chi connectivity index (χ0) is 17.5. The number of hydrogen-bond donors (Lipinski definition) is 1. The van der Waals surface area contributed by atoms with Crippen LogP contribution in [0.25, 0.3) is 0 Å². The molecule has 0 saturated carbocycles. The van der Waals surface area contributed by atoms with E-state index < -0.39 is 10.8 Å². The number of benzene rings is 1. The minimum atomic E-state index is -1.24. The standard InChI is InChI=1S/C17H22N2O4S/c1-19(2)11-10-18-17(20)16-9-6-14(23-16)12-24(21)15-7-4-13(22-3)5-8-15/h4-9H,10-12H2,1-3H3,(H,18,20)/t24-/m0/s1. The predicted octanol–water partition coefficient (Wildman–Crippen LogP) is 1.89. The lowest BCUT2D eigenvalue weighted by Gasteiger charge is -2.09. The van der Waals surface area contributed by atoms with Gasteiger partial charge in [0.05, 0.1) is 23.7 Å². The topological polar surface area (TPSA) is 71.8 Å². The molecule has 0 aliphatic heterocycles. The summed E-state index contributed by atoms with van der Waals surface area (Å²) < 4.78 is 22.9. The van der Waals surface area contributed by atoms with Crippen molar-refractivity contribution in [3.8, 4) is 5.75 Å². The second kappa shape index (κ2) is 8.65.